The number of pyridine rings is 1. The molecular weight excluding hydrogens is 162 g/mol. The molecule has 2 heterocycles. The maximum atomic E-state index is 4.40. The summed E-state index contributed by atoms with van der Waals surface area (Å²) in [5, 5.41) is 4.29. The number of aromatic nitrogens is 3. The van der Waals surface area contributed by atoms with Gasteiger partial charge in [-0.3, -0.25) is 4.68 Å². The lowest BCUT2D eigenvalue weighted by atomic mass is 10.3. The van der Waals surface area contributed by atoms with Crippen molar-refractivity contribution in [3.8, 4) is 0 Å². The van der Waals surface area contributed by atoms with Crippen LogP contribution in [0.2, 0.25) is 0 Å². The molecule has 0 N–H and O–H groups in total. The van der Waals surface area contributed by atoms with Crippen LogP contribution in [0, 0.1) is 6.92 Å². The zero-order chi connectivity index (χ0) is 9.42. The van der Waals surface area contributed by atoms with E-state index in [1.165, 1.54) is 0 Å². The van der Waals surface area contributed by atoms with Gasteiger partial charge in [0.2, 0.25) is 0 Å². The SMILES string of the molecule is Cc1ccc2c(cnn2C(C)C)n1. The standard InChI is InChI=1S/C10H13N3/c1-7(2)13-10-5-4-8(3)12-9(10)6-11-13/h4-7H,1-3H3. The van der Waals surface area contributed by atoms with Crippen molar-refractivity contribution in [2.75, 3.05) is 0 Å². The van der Waals surface area contributed by atoms with E-state index in [0.717, 1.165) is 16.7 Å². The molecule has 2 rings (SSSR count). The summed E-state index contributed by atoms with van der Waals surface area (Å²) in [5.41, 5.74) is 3.13. The highest BCUT2D eigenvalue weighted by atomic mass is 15.3. The molecule has 0 bridgehead atoms. The van der Waals surface area contributed by atoms with Gasteiger partial charge < -0.3 is 0 Å². The fourth-order valence-electron chi connectivity index (χ4n) is 1.45. The van der Waals surface area contributed by atoms with Crippen molar-refractivity contribution in [1.82, 2.24) is 14.8 Å². The van der Waals surface area contributed by atoms with E-state index in [0.29, 0.717) is 6.04 Å². The first-order valence-electron chi connectivity index (χ1n) is 4.49. The van der Waals surface area contributed by atoms with E-state index in [4.69, 9.17) is 0 Å². The number of hydrogen-bond acceptors (Lipinski definition) is 2. The van der Waals surface area contributed by atoms with Gasteiger partial charge >= 0.3 is 0 Å². The highest BCUT2D eigenvalue weighted by molar-refractivity contribution is 5.74. The summed E-state index contributed by atoms with van der Waals surface area (Å²) in [6.07, 6.45) is 1.82. The Kier molecular flexibility index (Phi) is 1.79. The van der Waals surface area contributed by atoms with Crippen molar-refractivity contribution in [2.24, 2.45) is 0 Å². The summed E-state index contributed by atoms with van der Waals surface area (Å²) >= 11 is 0. The van der Waals surface area contributed by atoms with Gasteiger partial charge in [-0.15, -0.1) is 0 Å². The van der Waals surface area contributed by atoms with Crippen molar-refractivity contribution >= 4 is 11.0 Å². The normalized spacial score (nSPS) is 11.4. The number of fused-ring (bicyclic) bond motifs is 1. The van der Waals surface area contributed by atoms with Crippen molar-refractivity contribution in [2.45, 2.75) is 26.8 Å². The molecule has 13 heavy (non-hydrogen) atoms. The fraction of sp³-hybridized carbons (Fsp3) is 0.400. The molecule has 68 valence electrons. The molecule has 0 aliphatic carbocycles. The van der Waals surface area contributed by atoms with E-state index >= 15 is 0 Å². The summed E-state index contributed by atoms with van der Waals surface area (Å²) in [6, 6.07) is 4.48. The van der Waals surface area contributed by atoms with Crippen LogP contribution >= 0.6 is 0 Å². The molecule has 0 fully saturated rings. The molecule has 0 saturated carbocycles. The highest BCUT2D eigenvalue weighted by Crippen LogP contribution is 2.15. The minimum absolute atomic E-state index is 0.391. The first-order valence-corrected chi connectivity index (χ1v) is 4.49. The predicted octanol–water partition coefficient (Wildman–Crippen LogP) is 2.32. The summed E-state index contributed by atoms with van der Waals surface area (Å²) in [7, 11) is 0. The number of aryl methyl sites for hydroxylation is 1. The fourth-order valence-corrected chi connectivity index (χ4v) is 1.45. The Morgan fingerprint density at radius 2 is 2.08 bits per heavy atom. The average molecular weight is 175 g/mol. The summed E-state index contributed by atoms with van der Waals surface area (Å²) in [5.74, 6) is 0. The molecule has 0 amide bonds. The van der Waals surface area contributed by atoms with Gasteiger partial charge in [0, 0.05) is 11.7 Å². The van der Waals surface area contributed by atoms with E-state index in [-0.39, 0.29) is 0 Å². The molecule has 2 aromatic heterocycles. The van der Waals surface area contributed by atoms with Crippen molar-refractivity contribution < 1.29 is 0 Å². The largest absolute Gasteiger partial charge is 0.261 e. The van der Waals surface area contributed by atoms with Gasteiger partial charge in [0.1, 0.15) is 5.52 Å². The molecule has 0 aliphatic heterocycles. The van der Waals surface area contributed by atoms with Gasteiger partial charge in [0.25, 0.3) is 0 Å². The molecule has 0 spiro atoms. The Morgan fingerprint density at radius 3 is 2.77 bits per heavy atom. The first kappa shape index (κ1) is 8.23. The van der Waals surface area contributed by atoms with Gasteiger partial charge in [0.15, 0.2) is 0 Å². The van der Waals surface area contributed by atoms with Crippen LogP contribution in [-0.2, 0) is 0 Å². The maximum Gasteiger partial charge on any atom is 0.109 e. The minimum atomic E-state index is 0.391. The smallest absolute Gasteiger partial charge is 0.109 e. The van der Waals surface area contributed by atoms with E-state index in [1.54, 1.807) is 0 Å². The molecule has 2 aromatic rings. The van der Waals surface area contributed by atoms with Crippen molar-refractivity contribution in [3.63, 3.8) is 0 Å². The Labute approximate surface area is 77.4 Å². The lowest BCUT2D eigenvalue weighted by Gasteiger charge is -2.06. The van der Waals surface area contributed by atoms with E-state index in [1.807, 2.05) is 23.9 Å². The quantitative estimate of drug-likeness (QED) is 0.666. The van der Waals surface area contributed by atoms with Gasteiger partial charge in [-0.25, -0.2) is 4.98 Å². The second kappa shape index (κ2) is 2.83. The Balaban J connectivity index is 2.69. The molecule has 0 unspecified atom stereocenters. The van der Waals surface area contributed by atoms with Crippen LogP contribution in [0.4, 0.5) is 0 Å². The summed E-state index contributed by atoms with van der Waals surface area (Å²) < 4.78 is 1.99. The zero-order valence-corrected chi connectivity index (χ0v) is 8.15. The topological polar surface area (TPSA) is 30.7 Å². The van der Waals surface area contributed by atoms with Crippen LogP contribution in [0.3, 0.4) is 0 Å². The van der Waals surface area contributed by atoms with E-state index in [9.17, 15) is 0 Å². The Bertz CT molecular complexity index is 429. The third-order valence-electron chi connectivity index (χ3n) is 2.08. The summed E-state index contributed by atoms with van der Waals surface area (Å²) in [4.78, 5) is 4.40. The van der Waals surface area contributed by atoms with Crippen LogP contribution in [0.25, 0.3) is 11.0 Å². The predicted molar refractivity (Wildman–Crippen MR) is 52.7 cm³/mol. The van der Waals surface area contributed by atoms with Gasteiger partial charge in [0.05, 0.1) is 11.7 Å². The molecule has 3 nitrogen and oxygen atoms in total. The Morgan fingerprint density at radius 1 is 1.31 bits per heavy atom. The molecular formula is C10H13N3. The number of nitrogens with zero attached hydrogens (tertiary/aromatic N) is 3. The molecule has 3 heteroatoms. The van der Waals surface area contributed by atoms with Gasteiger partial charge in [-0.1, -0.05) is 0 Å². The zero-order valence-electron chi connectivity index (χ0n) is 8.15. The maximum absolute atomic E-state index is 4.40. The molecule has 0 aromatic carbocycles. The Hall–Kier alpha value is -1.38. The van der Waals surface area contributed by atoms with E-state index < -0.39 is 0 Å². The number of hydrogen-bond donors (Lipinski definition) is 0. The molecule has 0 saturated heterocycles. The molecule has 0 aliphatic rings. The van der Waals surface area contributed by atoms with Crippen LogP contribution in [0.5, 0.6) is 0 Å². The van der Waals surface area contributed by atoms with E-state index in [2.05, 4.69) is 30.0 Å². The third kappa shape index (κ3) is 1.30. The lowest BCUT2D eigenvalue weighted by molar-refractivity contribution is 0.551. The second-order valence-electron chi connectivity index (χ2n) is 3.54. The van der Waals surface area contributed by atoms with Crippen LogP contribution in [0.1, 0.15) is 25.6 Å². The van der Waals surface area contributed by atoms with Crippen molar-refractivity contribution in [3.05, 3.63) is 24.0 Å². The molecule has 0 radical (unpaired) electrons. The first-order chi connectivity index (χ1) is 6.18. The van der Waals surface area contributed by atoms with Gasteiger partial charge in [-0.2, -0.15) is 5.10 Å². The summed E-state index contributed by atoms with van der Waals surface area (Å²) in [6.45, 7) is 6.23. The minimum Gasteiger partial charge on any atom is -0.261 e. The highest BCUT2D eigenvalue weighted by Gasteiger charge is 2.05. The second-order valence-corrected chi connectivity index (χ2v) is 3.54. The van der Waals surface area contributed by atoms with Crippen LogP contribution in [0.15, 0.2) is 18.3 Å². The average Bonchev–Trinajstić information content (AvgIpc) is 2.46. The lowest BCUT2D eigenvalue weighted by Crippen LogP contribution is -2.01. The monoisotopic (exact) mass is 175 g/mol. The van der Waals surface area contributed by atoms with Gasteiger partial charge in [-0.05, 0) is 32.9 Å². The van der Waals surface area contributed by atoms with Crippen LogP contribution < -0.4 is 0 Å². The van der Waals surface area contributed by atoms with Crippen LogP contribution in [-0.4, -0.2) is 14.8 Å². The number of rotatable bonds is 1. The third-order valence-corrected chi connectivity index (χ3v) is 2.08. The van der Waals surface area contributed by atoms with Crippen molar-refractivity contribution in [1.29, 1.82) is 0 Å². The molecule has 0 atom stereocenters.